The number of hydrogen-bond acceptors (Lipinski definition) is 4. The molecule has 0 fully saturated rings. The maximum absolute atomic E-state index is 13.1. The molecule has 0 saturated heterocycles. The number of nitrogens with zero attached hydrogens (tertiary/aromatic N) is 4. The molecule has 1 rings (SSSR count). The Morgan fingerprint density at radius 1 is 0.703 bits per heavy atom. The zero-order valence-corrected chi connectivity index (χ0v) is 23.4. The van der Waals surface area contributed by atoms with Gasteiger partial charge >= 0.3 is 17.1 Å². The van der Waals surface area contributed by atoms with Crippen molar-refractivity contribution in [1.29, 1.82) is 0 Å². The van der Waals surface area contributed by atoms with Gasteiger partial charge < -0.3 is 14.8 Å². The third kappa shape index (κ3) is 14.6. The summed E-state index contributed by atoms with van der Waals surface area (Å²) in [7, 11) is 2.07. The molecule has 1 heterocycles. The number of aliphatic hydroxyl groups is 1. The lowest BCUT2D eigenvalue weighted by molar-refractivity contribution is 0.0144. The van der Waals surface area contributed by atoms with E-state index in [2.05, 4.69) is 37.5 Å². The lowest BCUT2D eigenvalue weighted by Gasteiger charge is -2.20. The van der Waals surface area contributed by atoms with E-state index in [9.17, 15) is 14.4 Å². The highest BCUT2D eigenvalue weighted by atomic mass is 31.0. The van der Waals surface area contributed by atoms with Crippen LogP contribution in [0.25, 0.3) is 5.48 Å². The Hall–Kier alpha value is -1.87. The molecule has 0 aliphatic carbocycles. The van der Waals surface area contributed by atoms with E-state index in [1.54, 1.807) is 0 Å². The van der Waals surface area contributed by atoms with Crippen LogP contribution < -0.4 is 17.1 Å². The second kappa shape index (κ2) is 23.3. The Labute approximate surface area is 222 Å². The summed E-state index contributed by atoms with van der Waals surface area (Å²) in [6.45, 7) is 10.3. The first-order valence-electron chi connectivity index (χ1n) is 13.3. The van der Waals surface area contributed by atoms with Gasteiger partial charge in [-0.1, -0.05) is 63.6 Å². The molecule has 0 aliphatic rings. The van der Waals surface area contributed by atoms with Gasteiger partial charge in [-0.2, -0.15) is 0 Å². The van der Waals surface area contributed by atoms with Crippen molar-refractivity contribution in [2.75, 3.05) is 6.54 Å². The van der Waals surface area contributed by atoms with Crippen LogP contribution in [0.3, 0.4) is 0 Å². The van der Waals surface area contributed by atoms with Gasteiger partial charge in [0, 0.05) is 19.6 Å². The van der Waals surface area contributed by atoms with E-state index < -0.39 is 17.1 Å². The lowest BCUT2D eigenvalue weighted by atomic mass is 10.1. The van der Waals surface area contributed by atoms with E-state index in [1.807, 2.05) is 12.2 Å². The summed E-state index contributed by atoms with van der Waals surface area (Å²) in [6.07, 6.45) is 16.6. The molecule has 0 radical (unpaired) electrons. The molecule has 1 aromatic rings. The Bertz CT molecular complexity index is 857. The quantitative estimate of drug-likeness (QED) is 0.0434. The minimum atomic E-state index is -0.486. The van der Waals surface area contributed by atoms with E-state index in [1.165, 1.54) is 20.5 Å². The van der Waals surface area contributed by atoms with Crippen LogP contribution in [-0.4, -0.2) is 25.1 Å². The fraction of sp³-hybridized carbons (Fsp3) is 0.692. The van der Waals surface area contributed by atoms with E-state index in [0.717, 1.165) is 83.5 Å². The predicted molar refractivity (Wildman–Crippen MR) is 152 cm³/mol. The van der Waals surface area contributed by atoms with Crippen molar-refractivity contribution in [3.63, 3.8) is 0 Å². The molecular formula is C26H47FN4O5P-. The van der Waals surface area contributed by atoms with E-state index in [0.29, 0.717) is 32.6 Å². The molecular weight excluding hydrogens is 498 g/mol. The molecule has 9 nitrogen and oxygen atoms in total. The normalized spacial score (nSPS) is 10.8. The second-order valence-electron chi connectivity index (χ2n) is 8.92. The first-order valence-corrected chi connectivity index (χ1v) is 13.8. The molecule has 1 unspecified atom stereocenters. The van der Waals surface area contributed by atoms with E-state index in [4.69, 9.17) is 0 Å². The molecule has 0 amide bonds. The van der Waals surface area contributed by atoms with Gasteiger partial charge in [0.2, 0.25) is 0 Å². The monoisotopic (exact) mass is 545 g/mol. The third-order valence-electron chi connectivity index (χ3n) is 6.04. The zero-order valence-electron chi connectivity index (χ0n) is 22.2. The average molecular weight is 546 g/mol. The minimum absolute atomic E-state index is 0. The first kappa shape index (κ1) is 35.1. The second-order valence-corrected chi connectivity index (χ2v) is 9.19. The largest absolute Gasteiger partial charge is 0.616 e. The number of aromatic nitrogens is 3. The maximum atomic E-state index is 13.1. The van der Waals surface area contributed by atoms with Gasteiger partial charge in [-0.15, -0.1) is 13.2 Å². The number of allylic oxidation sites excluding steroid dienone is 2. The number of unbranched alkanes of at least 4 members (excludes halogenated alkanes) is 11. The van der Waals surface area contributed by atoms with Crippen LogP contribution in [0.15, 0.2) is 39.7 Å². The molecule has 1 aromatic heterocycles. The number of hydrogen-bond donors (Lipinski definition) is 0. The van der Waals surface area contributed by atoms with Crippen LogP contribution in [0.5, 0.6) is 0 Å². The van der Waals surface area contributed by atoms with E-state index >= 15 is 0 Å². The Morgan fingerprint density at radius 3 is 1.46 bits per heavy atom. The highest BCUT2D eigenvalue weighted by Crippen LogP contribution is 2.06. The smallest absolute Gasteiger partial charge is 0.336 e. The molecule has 1 atom stereocenters. The van der Waals surface area contributed by atoms with Crippen LogP contribution >= 0.6 is 9.47 Å². The van der Waals surface area contributed by atoms with Crippen LogP contribution in [-0.2, 0) is 24.2 Å². The Balaban J connectivity index is 0.0000130. The summed E-state index contributed by atoms with van der Waals surface area (Å²) in [6, 6.07) is 0. The first-order chi connectivity index (χ1) is 17.6. The molecule has 0 saturated carbocycles. The summed E-state index contributed by atoms with van der Waals surface area (Å²) in [5.41, 5.74) is 2.51. The van der Waals surface area contributed by atoms with Crippen molar-refractivity contribution < 1.29 is 14.1 Å². The Kier molecular flexibility index (Phi) is 22.1. The SMILES string of the molecule is C=CCCCCCCn1c(=O)n(CCCCCCC=C)c(=O)n(CCCCCC[N-][OH+][CH-]OP)c1=O.F. The van der Waals surface area contributed by atoms with Crippen molar-refractivity contribution in [3.05, 3.63) is 69.0 Å². The molecule has 0 aliphatic heterocycles. The van der Waals surface area contributed by atoms with Crippen molar-refractivity contribution in [2.45, 2.75) is 110 Å². The Morgan fingerprint density at radius 2 is 1.08 bits per heavy atom. The number of halogens is 1. The van der Waals surface area contributed by atoms with Gasteiger partial charge in [0.15, 0.2) is 0 Å². The van der Waals surface area contributed by atoms with Gasteiger partial charge in [-0.25, -0.2) is 28.1 Å². The van der Waals surface area contributed by atoms with Crippen molar-refractivity contribution in [1.82, 2.24) is 13.7 Å². The van der Waals surface area contributed by atoms with Gasteiger partial charge in [0.1, 0.15) is 0 Å². The van der Waals surface area contributed by atoms with Gasteiger partial charge in [0.25, 0.3) is 0 Å². The van der Waals surface area contributed by atoms with Crippen LogP contribution in [0.1, 0.15) is 89.9 Å². The number of rotatable bonds is 24. The van der Waals surface area contributed by atoms with Gasteiger partial charge in [-0.3, -0.25) is 4.70 Å². The summed E-state index contributed by atoms with van der Waals surface area (Å²) in [5, 5.41) is 0. The molecule has 214 valence electrons. The molecule has 0 bridgehead atoms. The fourth-order valence-electron chi connectivity index (χ4n) is 4.01. The zero-order chi connectivity index (χ0) is 26.4. The topological polar surface area (TPSA) is 102 Å². The highest BCUT2D eigenvalue weighted by molar-refractivity contribution is 7.09. The van der Waals surface area contributed by atoms with Gasteiger partial charge in [-0.05, 0) is 54.4 Å². The van der Waals surface area contributed by atoms with Crippen LogP contribution in [0.2, 0.25) is 0 Å². The lowest BCUT2D eigenvalue weighted by Crippen LogP contribution is -2.54. The van der Waals surface area contributed by atoms with E-state index in [-0.39, 0.29) is 4.70 Å². The van der Waals surface area contributed by atoms with Crippen molar-refractivity contribution in [3.8, 4) is 0 Å². The fourth-order valence-corrected chi connectivity index (χ4v) is 4.06. The number of hydroxylamine groups is 1. The van der Waals surface area contributed by atoms with Crippen molar-refractivity contribution >= 4 is 9.47 Å². The molecule has 1 N–H and O–H groups in total. The maximum Gasteiger partial charge on any atom is 0.336 e. The average Bonchev–Trinajstić information content (AvgIpc) is 2.87. The summed E-state index contributed by atoms with van der Waals surface area (Å²) < 4.78 is 8.39. The summed E-state index contributed by atoms with van der Waals surface area (Å²) in [4.78, 5) is 43.0. The van der Waals surface area contributed by atoms with Crippen LogP contribution in [0.4, 0.5) is 4.70 Å². The molecule has 0 aromatic carbocycles. The predicted octanol–water partition coefficient (Wildman–Crippen LogP) is 5.38. The highest BCUT2D eigenvalue weighted by Gasteiger charge is 2.15. The van der Waals surface area contributed by atoms with Crippen LogP contribution in [0, 0.1) is 6.79 Å². The van der Waals surface area contributed by atoms with Gasteiger partial charge in [0.05, 0.1) is 6.79 Å². The molecule has 0 spiro atoms. The third-order valence-corrected chi connectivity index (χ3v) is 6.17. The molecule has 11 heteroatoms. The summed E-state index contributed by atoms with van der Waals surface area (Å²) in [5.74, 6) is 0. The molecule has 37 heavy (non-hydrogen) atoms. The summed E-state index contributed by atoms with van der Waals surface area (Å²) >= 11 is 0. The minimum Gasteiger partial charge on any atom is -0.616 e. The standard InChI is InChI=1S/C26H46N4O5P.FH/c1-3-5-7-9-12-16-20-28-24(31)29(21-17-13-10-8-6-4-2)26(33)30(25(28)32)22-18-14-11-15-19-27-34-23-35-36;/h3-4,23,34H,1-2,5-22,36H2;1H/q-1;. The van der Waals surface area contributed by atoms with Crippen molar-refractivity contribution in [2.24, 2.45) is 0 Å².